The Morgan fingerprint density at radius 3 is 1.59 bits per heavy atom. The van der Waals surface area contributed by atoms with E-state index in [1.54, 1.807) is 29.4 Å². The number of amides is 3. The molecular formula is C45H47N9O4. The summed E-state index contributed by atoms with van der Waals surface area (Å²) in [6.07, 6.45) is 7.48. The molecule has 0 aliphatic carbocycles. The molecule has 5 heterocycles. The molecule has 3 amide bonds. The lowest BCUT2D eigenvalue weighted by Crippen LogP contribution is -2.43. The highest BCUT2D eigenvalue weighted by Gasteiger charge is 2.40. The summed E-state index contributed by atoms with van der Waals surface area (Å²) in [5.41, 5.74) is 7.19. The quantitative estimate of drug-likeness (QED) is 0.122. The fourth-order valence-electron chi connectivity index (χ4n) is 8.36. The Labute approximate surface area is 337 Å². The van der Waals surface area contributed by atoms with Crippen LogP contribution in [0.25, 0.3) is 33.6 Å². The van der Waals surface area contributed by atoms with Gasteiger partial charge in [-0.15, -0.1) is 0 Å². The lowest BCUT2D eigenvalue weighted by molar-refractivity contribution is -0.138. The zero-order chi connectivity index (χ0) is 40.3. The third kappa shape index (κ3) is 7.60. The number of hydrogen-bond acceptors (Lipinski definition) is 7. The fourth-order valence-corrected chi connectivity index (χ4v) is 8.36. The molecule has 296 valence electrons. The number of aromatic amines is 2. The number of imidazole rings is 2. The maximum atomic E-state index is 14.0. The molecule has 2 aliphatic rings. The van der Waals surface area contributed by atoms with Gasteiger partial charge in [0.25, 0.3) is 5.91 Å². The van der Waals surface area contributed by atoms with E-state index in [1.807, 2.05) is 66.5 Å². The van der Waals surface area contributed by atoms with Gasteiger partial charge in [0.1, 0.15) is 23.7 Å². The minimum absolute atomic E-state index is 0.0276. The first-order valence-electron chi connectivity index (χ1n) is 19.7. The van der Waals surface area contributed by atoms with Crippen molar-refractivity contribution < 1.29 is 19.5 Å². The zero-order valence-electron chi connectivity index (χ0n) is 32.8. The molecule has 0 spiro atoms. The molecule has 0 radical (unpaired) electrons. The molecule has 8 rings (SSSR count). The largest absolute Gasteiger partial charge is 0.465 e. The predicted molar refractivity (Wildman–Crippen MR) is 220 cm³/mol. The van der Waals surface area contributed by atoms with Gasteiger partial charge in [0.05, 0.1) is 41.6 Å². The Hall–Kier alpha value is -6.60. The number of H-pyrrole nitrogens is 2. The second kappa shape index (κ2) is 16.5. The van der Waals surface area contributed by atoms with E-state index in [1.165, 1.54) is 7.05 Å². The van der Waals surface area contributed by atoms with Crippen molar-refractivity contribution in [3.63, 3.8) is 0 Å². The normalized spacial score (nSPS) is 17.7. The highest BCUT2D eigenvalue weighted by atomic mass is 16.4. The van der Waals surface area contributed by atoms with E-state index in [-0.39, 0.29) is 23.9 Å². The Kier molecular flexibility index (Phi) is 10.9. The molecule has 13 heteroatoms. The molecule has 3 N–H and O–H groups in total. The van der Waals surface area contributed by atoms with Crippen LogP contribution in [-0.4, -0.2) is 102 Å². The van der Waals surface area contributed by atoms with Crippen molar-refractivity contribution in [2.75, 3.05) is 34.2 Å². The number of nitrogens with zero attached hydrogens (tertiary/aromatic N) is 7. The van der Waals surface area contributed by atoms with Gasteiger partial charge >= 0.3 is 6.09 Å². The van der Waals surface area contributed by atoms with E-state index in [4.69, 9.17) is 9.97 Å². The molecule has 2 fully saturated rings. The van der Waals surface area contributed by atoms with Crippen LogP contribution in [0.15, 0.2) is 116 Å². The molecular weight excluding hydrogens is 731 g/mol. The summed E-state index contributed by atoms with van der Waals surface area (Å²) in [6, 6.07) is 29.5. The summed E-state index contributed by atoms with van der Waals surface area (Å²) in [5, 5.41) is 9.80. The average Bonchev–Trinajstić information content (AvgIpc) is 4.09. The average molecular weight is 778 g/mol. The number of pyridine rings is 1. The van der Waals surface area contributed by atoms with Crippen LogP contribution in [-0.2, 0) is 9.59 Å². The number of rotatable bonds is 11. The molecule has 3 aromatic heterocycles. The number of likely N-dealkylation sites (tertiary alicyclic amines) is 2. The summed E-state index contributed by atoms with van der Waals surface area (Å²) in [7, 11) is 5.25. The number of carboxylic acid groups (broad SMARTS) is 1. The molecule has 2 saturated heterocycles. The van der Waals surface area contributed by atoms with Crippen molar-refractivity contribution in [1.82, 2.24) is 44.5 Å². The van der Waals surface area contributed by atoms with Crippen LogP contribution < -0.4 is 0 Å². The molecule has 1 unspecified atom stereocenters. The van der Waals surface area contributed by atoms with E-state index >= 15 is 0 Å². The van der Waals surface area contributed by atoms with Crippen molar-refractivity contribution in [1.29, 1.82) is 0 Å². The van der Waals surface area contributed by atoms with Gasteiger partial charge in [-0.3, -0.25) is 24.4 Å². The van der Waals surface area contributed by atoms with E-state index in [2.05, 4.69) is 63.5 Å². The van der Waals surface area contributed by atoms with Crippen molar-refractivity contribution in [3.05, 3.63) is 139 Å². The Morgan fingerprint density at radius 2 is 1.12 bits per heavy atom. The summed E-state index contributed by atoms with van der Waals surface area (Å²) in [4.78, 5) is 67.4. The molecule has 2 aliphatic heterocycles. The van der Waals surface area contributed by atoms with Crippen molar-refractivity contribution in [3.8, 4) is 33.6 Å². The van der Waals surface area contributed by atoms with Gasteiger partial charge in [-0.1, -0.05) is 84.9 Å². The second-order valence-corrected chi connectivity index (χ2v) is 15.2. The predicted octanol–water partition coefficient (Wildman–Crippen LogP) is 7.51. The third-order valence-electron chi connectivity index (χ3n) is 11.4. The van der Waals surface area contributed by atoms with Gasteiger partial charge in [-0.25, -0.2) is 14.8 Å². The lowest BCUT2D eigenvalue weighted by atomic mass is 10.0. The van der Waals surface area contributed by atoms with Crippen LogP contribution in [0.3, 0.4) is 0 Å². The number of likely N-dealkylation sites (N-methyl/N-ethyl adjacent to an activating group) is 2. The monoisotopic (exact) mass is 777 g/mol. The molecule has 58 heavy (non-hydrogen) atoms. The van der Waals surface area contributed by atoms with Gasteiger partial charge in [0, 0.05) is 26.3 Å². The van der Waals surface area contributed by atoms with Crippen LogP contribution in [0, 0.1) is 0 Å². The summed E-state index contributed by atoms with van der Waals surface area (Å²) in [5.74, 6) is 1.24. The van der Waals surface area contributed by atoms with Gasteiger partial charge in [-0.2, -0.15) is 0 Å². The zero-order valence-corrected chi connectivity index (χ0v) is 32.8. The second-order valence-electron chi connectivity index (χ2n) is 15.2. The minimum Gasteiger partial charge on any atom is -0.465 e. The number of hydrogen-bond donors (Lipinski definition) is 3. The number of carbonyl (C=O) groups excluding carboxylic acids is 2. The highest BCUT2D eigenvalue weighted by molar-refractivity contribution is 5.87. The van der Waals surface area contributed by atoms with Crippen LogP contribution >= 0.6 is 0 Å². The molecule has 4 atom stereocenters. The Morgan fingerprint density at radius 1 is 0.638 bits per heavy atom. The van der Waals surface area contributed by atoms with Gasteiger partial charge in [0.15, 0.2) is 0 Å². The van der Waals surface area contributed by atoms with Gasteiger partial charge < -0.3 is 24.9 Å². The highest BCUT2D eigenvalue weighted by Crippen LogP contribution is 2.37. The minimum atomic E-state index is -1.16. The van der Waals surface area contributed by atoms with Gasteiger partial charge in [0.2, 0.25) is 5.91 Å². The third-order valence-corrected chi connectivity index (χ3v) is 11.4. The number of aromatic nitrogens is 5. The molecule has 13 nitrogen and oxygen atoms in total. The van der Waals surface area contributed by atoms with Crippen molar-refractivity contribution >= 4 is 17.9 Å². The fraction of sp³-hybridized carbons (Fsp3) is 0.289. The van der Waals surface area contributed by atoms with Crippen molar-refractivity contribution in [2.45, 2.75) is 49.9 Å². The molecule has 0 saturated carbocycles. The number of carbonyl (C=O) groups is 3. The molecule has 0 bridgehead atoms. The maximum absolute atomic E-state index is 14.0. The topological polar surface area (TPSA) is 155 Å². The first kappa shape index (κ1) is 38.3. The SMILES string of the molecule is CN(C)C(C(=O)N1CCC[C@H]1c1ncc(-c2ccc(-c3ccc(-c4cnc([C@@H]5CCCN5C(=O)[C@@H](c5ccccc5)N(C)C(=O)O)[nH]4)cc3)cc2)[nH]1)c1ccccn1. The van der Waals surface area contributed by atoms with Gasteiger partial charge in [-0.05, 0) is 79.7 Å². The summed E-state index contributed by atoms with van der Waals surface area (Å²) in [6.45, 7) is 1.20. The van der Waals surface area contributed by atoms with E-state index in [0.29, 0.717) is 24.5 Å². The number of benzene rings is 3. The Bertz CT molecular complexity index is 2360. The first-order valence-corrected chi connectivity index (χ1v) is 19.7. The maximum Gasteiger partial charge on any atom is 0.407 e. The lowest BCUT2D eigenvalue weighted by Gasteiger charge is -2.32. The molecule has 6 aromatic rings. The Balaban J connectivity index is 0.934. The van der Waals surface area contributed by atoms with Crippen molar-refractivity contribution in [2.24, 2.45) is 0 Å². The van der Waals surface area contributed by atoms with Crippen LogP contribution in [0.1, 0.15) is 72.8 Å². The van der Waals surface area contributed by atoms with E-state index in [9.17, 15) is 19.5 Å². The summed E-state index contributed by atoms with van der Waals surface area (Å²) >= 11 is 0. The number of nitrogens with one attached hydrogen (secondary N) is 2. The van der Waals surface area contributed by atoms with Crippen LogP contribution in [0.5, 0.6) is 0 Å². The molecule has 3 aromatic carbocycles. The van der Waals surface area contributed by atoms with Crippen LogP contribution in [0.2, 0.25) is 0 Å². The first-order chi connectivity index (χ1) is 28.2. The standard InChI is InChI=1S/C45H47N9O4/c1-51(2)40(34-13-7-8-24-46-34)44(56)54-26-10-15-38(54)42-48-28-36(50-42)32-22-18-30(19-23-32)29-16-20-31(21-17-29)35-27-47-41(49-35)37-14-9-25-53(37)43(55)39(52(3)45(57)58)33-11-5-4-6-12-33/h4-8,11-13,16-24,27-28,37-40H,9-10,14-15,25-26H2,1-3H3,(H,47,49)(H,48,50)(H,57,58)/t37-,38-,39+,40?/m0/s1. The van der Waals surface area contributed by atoms with E-state index in [0.717, 1.165) is 75.7 Å². The van der Waals surface area contributed by atoms with E-state index < -0.39 is 18.2 Å². The smallest absolute Gasteiger partial charge is 0.407 e. The van der Waals surface area contributed by atoms with Crippen LogP contribution in [0.4, 0.5) is 4.79 Å². The summed E-state index contributed by atoms with van der Waals surface area (Å²) < 4.78 is 0.